The number of carbonyl (C=O) groups is 2. The average molecular weight is 1110 g/mol. The minimum absolute atomic E-state index is 0.0163. The third kappa shape index (κ3) is 20.0. The number of anilines is 1. The van der Waals surface area contributed by atoms with Gasteiger partial charge in [0, 0.05) is 35.8 Å². The molecule has 0 spiro atoms. The van der Waals surface area contributed by atoms with E-state index in [2.05, 4.69) is 40.0 Å². The predicted octanol–water partition coefficient (Wildman–Crippen LogP) is 1.90. The minimum Gasteiger partial charge on any atom is -0.420 e. The molecule has 2 aliphatic rings. The first kappa shape index (κ1) is 59.6. The normalized spacial score (nSPS) is 18.3. The molecule has 0 bridgehead atoms. The zero-order valence-electron chi connectivity index (χ0n) is 40.8. The molecule has 4 aromatic rings. The summed E-state index contributed by atoms with van der Waals surface area (Å²) in [5, 5.41) is 37.3. The van der Waals surface area contributed by atoms with Crippen LogP contribution in [-0.4, -0.2) is 210 Å². The fraction of sp³-hybridized carbons (Fsp3) is 0.659. The number of benzene rings is 1. The van der Waals surface area contributed by atoms with Crippen LogP contribution in [0, 0.1) is 17.5 Å². The van der Waals surface area contributed by atoms with Gasteiger partial charge in [0.15, 0.2) is 23.5 Å². The van der Waals surface area contributed by atoms with Crippen LogP contribution in [-0.2, 0) is 74.5 Å². The van der Waals surface area contributed by atoms with Gasteiger partial charge in [0.1, 0.15) is 42.2 Å². The number of esters is 1. The Morgan fingerprint density at radius 3 is 1.97 bits per heavy atom. The highest BCUT2D eigenvalue weighted by atomic mass is 35.5. The van der Waals surface area contributed by atoms with Crippen molar-refractivity contribution in [3.63, 3.8) is 0 Å². The highest BCUT2D eigenvalue weighted by Gasteiger charge is 2.46. The van der Waals surface area contributed by atoms with Crippen LogP contribution in [0.25, 0.3) is 11.0 Å². The van der Waals surface area contributed by atoms with Gasteiger partial charge in [-0.25, -0.2) is 22.5 Å². The van der Waals surface area contributed by atoms with Gasteiger partial charge in [0.05, 0.1) is 143 Å². The smallest absolute Gasteiger partial charge is 0.420 e. The van der Waals surface area contributed by atoms with Crippen LogP contribution in [0.2, 0.25) is 5.28 Å². The van der Waals surface area contributed by atoms with Crippen LogP contribution in [0.3, 0.4) is 0 Å². The lowest BCUT2D eigenvalue weighted by molar-refractivity contribution is -0.136. The van der Waals surface area contributed by atoms with E-state index in [1.807, 2.05) is 0 Å². The van der Waals surface area contributed by atoms with Crippen molar-refractivity contribution in [3.05, 3.63) is 53.0 Å². The number of halogens is 4. The van der Waals surface area contributed by atoms with Gasteiger partial charge < -0.3 is 67.8 Å². The van der Waals surface area contributed by atoms with Crippen molar-refractivity contribution in [3.8, 4) is 5.75 Å². The molecule has 1 aromatic carbocycles. The Balaban J connectivity index is 0.687. The molecular formula is C44H61ClF3N9O17P+. The number of aliphatic hydroxyl groups is 2. The molecule has 4 N–H and O–H groups in total. The molecule has 2 saturated heterocycles. The topological polar surface area (TPSA) is 303 Å². The molecule has 0 aliphatic carbocycles. The second kappa shape index (κ2) is 32.1. The summed E-state index contributed by atoms with van der Waals surface area (Å²) in [7, 11) is -2.93. The summed E-state index contributed by atoms with van der Waals surface area (Å²) in [6.07, 6.45) is -0.639. The first-order valence-electron chi connectivity index (χ1n) is 24.0. The molecule has 1 unspecified atom stereocenters. The Bertz CT molecular complexity index is 2370. The first-order chi connectivity index (χ1) is 36.4. The number of aromatic nitrogens is 7. The summed E-state index contributed by atoms with van der Waals surface area (Å²) in [6.45, 7) is 5.90. The standard InChI is InChI=1S/C44H60ClF3N9O17P/c45-44-51-41(32-25-49-57(42(32)52-44)43-39(61)38(60)35(73-43)28-72-75(62)63)50-30-1-5-55(6-2-30)36(58)3-8-64-11-14-67-19-20-70-21-22-71-27-31-26-56(54-53-31)7-10-66-13-16-69-18-17-68-15-12-65-9-4-37(59)74-40-33(47)23-29(46)24-34(40)48/h23-26,30,35,38-39,43,60-61H,1-22,27-28H2,(H-,49,50,51,52,62,63)/p+1/t35-,38-,39-,43-/m1/s1. The summed E-state index contributed by atoms with van der Waals surface area (Å²) in [5.74, 6) is -5.25. The van der Waals surface area contributed by atoms with E-state index in [4.69, 9.17) is 59.1 Å². The Hall–Kier alpha value is -4.69. The Morgan fingerprint density at radius 1 is 0.787 bits per heavy atom. The number of ether oxygens (including phenoxy) is 10. The summed E-state index contributed by atoms with van der Waals surface area (Å²) in [6, 6.07) is 0.789. The maximum absolute atomic E-state index is 13.6. The Kier molecular flexibility index (Phi) is 25.5. The van der Waals surface area contributed by atoms with E-state index in [1.54, 1.807) is 15.8 Å². The fourth-order valence-corrected chi connectivity index (χ4v) is 7.84. The lowest BCUT2D eigenvalue weighted by Crippen LogP contribution is -2.42. The number of aliphatic hydroxyl groups excluding tert-OH is 2. The molecule has 2 fully saturated rings. The number of carbonyl (C=O) groups excluding carboxylic acids is 2. The van der Waals surface area contributed by atoms with E-state index >= 15 is 0 Å². The highest BCUT2D eigenvalue weighted by Crippen LogP contribution is 2.34. The predicted molar refractivity (Wildman–Crippen MR) is 252 cm³/mol. The second-order valence-electron chi connectivity index (χ2n) is 16.5. The third-order valence-corrected chi connectivity index (χ3v) is 11.7. The summed E-state index contributed by atoms with van der Waals surface area (Å²) in [4.78, 5) is 44.0. The van der Waals surface area contributed by atoms with E-state index in [1.165, 1.54) is 10.9 Å². The van der Waals surface area contributed by atoms with Crippen LogP contribution in [0.5, 0.6) is 5.75 Å². The van der Waals surface area contributed by atoms with Crippen LogP contribution in [0.15, 0.2) is 24.5 Å². The number of amides is 1. The number of piperidine rings is 1. The molecule has 3 aromatic heterocycles. The van der Waals surface area contributed by atoms with Gasteiger partial charge in [-0.05, 0) is 24.4 Å². The highest BCUT2D eigenvalue weighted by molar-refractivity contribution is 7.32. The van der Waals surface area contributed by atoms with Crippen molar-refractivity contribution in [1.29, 1.82) is 0 Å². The summed E-state index contributed by atoms with van der Waals surface area (Å²) in [5.41, 5.74) is 0.896. The monoisotopic (exact) mass is 1110 g/mol. The zero-order chi connectivity index (χ0) is 53.4. The van der Waals surface area contributed by atoms with Gasteiger partial charge in [-0.1, -0.05) is 5.21 Å². The third-order valence-electron chi connectivity index (χ3n) is 11.2. The van der Waals surface area contributed by atoms with Crippen molar-refractivity contribution in [2.45, 2.75) is 69.4 Å². The number of fused-ring (bicyclic) bond motifs is 1. The van der Waals surface area contributed by atoms with Gasteiger partial charge >= 0.3 is 14.2 Å². The number of nitrogens with one attached hydrogen (secondary N) is 1. The largest absolute Gasteiger partial charge is 0.694 e. The Labute approximate surface area is 433 Å². The van der Waals surface area contributed by atoms with Gasteiger partial charge in [-0.3, -0.25) is 9.59 Å². The molecule has 5 heterocycles. The maximum Gasteiger partial charge on any atom is 0.694 e. The molecule has 31 heteroatoms. The molecular weight excluding hydrogens is 1050 g/mol. The summed E-state index contributed by atoms with van der Waals surface area (Å²) < 4.78 is 113. The minimum atomic E-state index is -2.93. The number of rotatable bonds is 36. The molecule has 2 aliphatic heterocycles. The SMILES string of the molecule is O=C(CCOCCOCCOCCOCCn1cc(COCCOCCOCCOCCC(=O)N2CCC(Nc3nc(Cl)nc4c3cnn4[C@@H]3O[C@H](CO[P+](=O)O)[C@@H](O)[C@H]3O)CC2)nn1)Oc1c(F)cc(F)cc1F. The van der Waals surface area contributed by atoms with Crippen LogP contribution < -0.4 is 10.1 Å². The molecule has 0 radical (unpaired) electrons. The van der Waals surface area contributed by atoms with E-state index in [9.17, 15) is 37.5 Å². The number of hydrogen-bond donors (Lipinski definition) is 4. The Morgan fingerprint density at radius 2 is 1.36 bits per heavy atom. The van der Waals surface area contributed by atoms with E-state index in [0.717, 1.165) is 0 Å². The van der Waals surface area contributed by atoms with Crippen LogP contribution in [0.1, 0.15) is 37.6 Å². The average Bonchev–Trinajstić information content (AvgIpc) is 4.11. The van der Waals surface area contributed by atoms with Crippen LogP contribution in [0.4, 0.5) is 19.0 Å². The lowest BCUT2D eigenvalue weighted by atomic mass is 10.0. The van der Waals surface area contributed by atoms with Gasteiger partial charge in [-0.2, -0.15) is 15.1 Å². The van der Waals surface area contributed by atoms with Crippen molar-refractivity contribution in [1.82, 2.24) is 39.6 Å². The van der Waals surface area contributed by atoms with Crippen molar-refractivity contribution in [2.24, 2.45) is 0 Å². The van der Waals surface area contributed by atoms with Gasteiger partial charge in [0.2, 0.25) is 16.9 Å². The zero-order valence-corrected chi connectivity index (χ0v) is 42.4. The van der Waals surface area contributed by atoms with Crippen molar-refractivity contribution < 1.29 is 94.3 Å². The molecule has 416 valence electrons. The molecule has 26 nitrogen and oxygen atoms in total. The van der Waals surface area contributed by atoms with E-state index < -0.39 is 68.6 Å². The van der Waals surface area contributed by atoms with E-state index in [0.29, 0.717) is 134 Å². The lowest BCUT2D eigenvalue weighted by Gasteiger charge is -2.32. The molecule has 0 saturated carbocycles. The van der Waals surface area contributed by atoms with Crippen molar-refractivity contribution in [2.75, 3.05) is 124 Å². The molecule has 75 heavy (non-hydrogen) atoms. The van der Waals surface area contributed by atoms with Crippen molar-refractivity contribution >= 4 is 48.6 Å². The van der Waals surface area contributed by atoms with Crippen LogP contribution >= 0.6 is 19.9 Å². The number of nitrogens with zero attached hydrogens (tertiary/aromatic N) is 8. The van der Waals surface area contributed by atoms with Gasteiger partial charge in [0.25, 0.3) is 0 Å². The number of likely N-dealkylation sites (tertiary alicyclic amines) is 1. The van der Waals surface area contributed by atoms with Gasteiger partial charge in [-0.15, -0.1) is 14.5 Å². The number of hydrogen-bond acceptors (Lipinski definition) is 22. The molecule has 6 rings (SSSR count). The quantitative estimate of drug-likeness (QED) is 0.0166. The molecule has 1 amide bonds. The maximum atomic E-state index is 13.6. The van der Waals surface area contributed by atoms with E-state index in [-0.39, 0.29) is 68.8 Å². The fourth-order valence-electron chi connectivity index (χ4n) is 7.40. The molecule has 5 atom stereocenters. The first-order valence-corrected chi connectivity index (χ1v) is 25.5. The summed E-state index contributed by atoms with van der Waals surface area (Å²) >= 11 is 6.26. The second-order valence-corrected chi connectivity index (χ2v) is 17.6.